The summed E-state index contributed by atoms with van der Waals surface area (Å²) in [5.74, 6) is 0.732. The lowest BCUT2D eigenvalue weighted by Gasteiger charge is -2.60. The summed E-state index contributed by atoms with van der Waals surface area (Å²) in [5.41, 5.74) is 0.186. The first-order valence-corrected chi connectivity index (χ1v) is 8.29. The first-order valence-electron chi connectivity index (χ1n) is 8.29. The summed E-state index contributed by atoms with van der Waals surface area (Å²) in [6, 6.07) is 2.12. The molecule has 1 aromatic rings. The Morgan fingerprint density at radius 3 is 2.91 bits per heavy atom. The first-order chi connectivity index (χ1) is 10.6. The molecule has 6 heteroatoms. The lowest BCUT2D eigenvalue weighted by molar-refractivity contribution is -0.169. The normalized spacial score (nSPS) is 25.6. The third-order valence-corrected chi connectivity index (χ3v) is 5.14. The molecule has 2 aliphatic carbocycles. The summed E-state index contributed by atoms with van der Waals surface area (Å²) >= 11 is 0. The van der Waals surface area contributed by atoms with Gasteiger partial charge >= 0.3 is 6.03 Å². The second-order valence-electron chi connectivity index (χ2n) is 6.67. The summed E-state index contributed by atoms with van der Waals surface area (Å²) in [4.78, 5) is 12.3. The highest BCUT2D eigenvalue weighted by molar-refractivity contribution is 5.88. The van der Waals surface area contributed by atoms with Crippen LogP contribution in [0, 0.1) is 5.41 Å². The minimum Gasteiger partial charge on any atom is -0.378 e. The SMILES string of the molecule is CCO[C@H]1C[C@H](NC(=O)Nc2ccnn2C(C)C)C12CCC2. The molecule has 0 unspecified atom stereocenters. The smallest absolute Gasteiger partial charge is 0.320 e. The second kappa shape index (κ2) is 5.91. The Morgan fingerprint density at radius 1 is 1.55 bits per heavy atom. The van der Waals surface area contributed by atoms with Gasteiger partial charge in [0, 0.05) is 30.2 Å². The Labute approximate surface area is 131 Å². The average Bonchev–Trinajstić information content (AvgIpc) is 2.83. The van der Waals surface area contributed by atoms with Gasteiger partial charge < -0.3 is 10.1 Å². The molecule has 2 amide bonds. The van der Waals surface area contributed by atoms with Gasteiger partial charge in [0.1, 0.15) is 5.82 Å². The standard InChI is InChI=1S/C16H26N4O2/c1-4-22-13-10-12(16(13)7-5-8-16)18-15(21)19-14-6-9-17-20(14)11(2)3/h6,9,11-13H,4-5,7-8,10H2,1-3H3,(H2,18,19,21)/t12-,13-/m0/s1. The number of ether oxygens (including phenoxy) is 1. The topological polar surface area (TPSA) is 68.2 Å². The van der Waals surface area contributed by atoms with E-state index >= 15 is 0 Å². The van der Waals surface area contributed by atoms with Crippen molar-refractivity contribution in [3.63, 3.8) is 0 Å². The molecule has 2 saturated carbocycles. The Bertz CT molecular complexity index is 536. The van der Waals surface area contributed by atoms with Gasteiger partial charge in [-0.05, 0) is 40.0 Å². The molecule has 0 radical (unpaired) electrons. The number of amides is 2. The van der Waals surface area contributed by atoms with Crippen LogP contribution < -0.4 is 10.6 Å². The van der Waals surface area contributed by atoms with Gasteiger partial charge in [0.25, 0.3) is 0 Å². The third-order valence-electron chi connectivity index (χ3n) is 5.14. The van der Waals surface area contributed by atoms with Crippen molar-refractivity contribution in [1.82, 2.24) is 15.1 Å². The molecule has 2 aliphatic rings. The van der Waals surface area contributed by atoms with E-state index in [1.165, 1.54) is 6.42 Å². The van der Waals surface area contributed by atoms with Crippen LogP contribution in [0.3, 0.4) is 0 Å². The fourth-order valence-electron chi connectivity index (χ4n) is 3.78. The van der Waals surface area contributed by atoms with Gasteiger partial charge in [-0.15, -0.1) is 0 Å². The molecule has 2 N–H and O–H groups in total. The largest absolute Gasteiger partial charge is 0.378 e. The van der Waals surface area contributed by atoms with Crippen molar-refractivity contribution in [3.05, 3.63) is 12.3 Å². The summed E-state index contributed by atoms with van der Waals surface area (Å²) in [6.07, 6.45) is 6.50. The monoisotopic (exact) mass is 306 g/mol. The number of carbonyl (C=O) groups is 1. The summed E-state index contributed by atoms with van der Waals surface area (Å²) in [5, 5.41) is 10.3. The van der Waals surface area contributed by atoms with E-state index in [1.807, 2.05) is 31.5 Å². The van der Waals surface area contributed by atoms with Crippen LogP contribution >= 0.6 is 0 Å². The molecule has 1 spiro atoms. The number of hydrogen-bond acceptors (Lipinski definition) is 3. The number of rotatable bonds is 5. The van der Waals surface area contributed by atoms with E-state index in [2.05, 4.69) is 15.7 Å². The molecule has 0 saturated heterocycles. The van der Waals surface area contributed by atoms with E-state index in [-0.39, 0.29) is 23.5 Å². The summed E-state index contributed by atoms with van der Waals surface area (Å²) < 4.78 is 7.63. The minimum absolute atomic E-state index is 0.145. The van der Waals surface area contributed by atoms with E-state index in [9.17, 15) is 4.79 Å². The molecular weight excluding hydrogens is 280 g/mol. The Kier molecular flexibility index (Phi) is 4.12. The van der Waals surface area contributed by atoms with Crippen molar-refractivity contribution >= 4 is 11.8 Å². The average molecular weight is 306 g/mol. The van der Waals surface area contributed by atoms with Crippen LogP contribution in [0.5, 0.6) is 0 Å². The van der Waals surface area contributed by atoms with Crippen molar-refractivity contribution in [2.45, 2.75) is 64.6 Å². The molecule has 0 bridgehead atoms. The van der Waals surface area contributed by atoms with Crippen LogP contribution in [0.15, 0.2) is 12.3 Å². The van der Waals surface area contributed by atoms with Crippen LogP contribution in [0.4, 0.5) is 10.6 Å². The molecule has 1 aromatic heterocycles. The zero-order chi connectivity index (χ0) is 15.7. The summed E-state index contributed by atoms with van der Waals surface area (Å²) in [7, 11) is 0. The lowest BCUT2D eigenvalue weighted by atomic mass is 9.51. The molecule has 22 heavy (non-hydrogen) atoms. The Hall–Kier alpha value is -1.56. The van der Waals surface area contributed by atoms with E-state index in [0.29, 0.717) is 6.10 Å². The first kappa shape index (κ1) is 15.3. The van der Waals surface area contributed by atoms with Crippen LogP contribution in [0.25, 0.3) is 0 Å². The molecule has 0 aliphatic heterocycles. The second-order valence-corrected chi connectivity index (χ2v) is 6.67. The molecule has 6 nitrogen and oxygen atoms in total. The highest BCUT2D eigenvalue weighted by atomic mass is 16.5. The number of nitrogens with zero attached hydrogens (tertiary/aromatic N) is 2. The molecule has 3 rings (SSSR count). The van der Waals surface area contributed by atoms with Gasteiger partial charge in [0.05, 0.1) is 12.3 Å². The molecular formula is C16H26N4O2. The number of aromatic nitrogens is 2. The van der Waals surface area contributed by atoms with E-state index in [0.717, 1.165) is 31.7 Å². The highest BCUT2D eigenvalue weighted by Crippen LogP contribution is 2.57. The van der Waals surface area contributed by atoms with E-state index in [1.54, 1.807) is 6.20 Å². The van der Waals surface area contributed by atoms with Crippen LogP contribution in [0.2, 0.25) is 0 Å². The van der Waals surface area contributed by atoms with Crippen molar-refractivity contribution in [2.75, 3.05) is 11.9 Å². The van der Waals surface area contributed by atoms with Gasteiger partial charge in [-0.2, -0.15) is 5.10 Å². The fraction of sp³-hybridized carbons (Fsp3) is 0.750. The van der Waals surface area contributed by atoms with Crippen molar-refractivity contribution < 1.29 is 9.53 Å². The highest BCUT2D eigenvalue weighted by Gasteiger charge is 2.59. The predicted octanol–water partition coefficient (Wildman–Crippen LogP) is 2.93. The molecule has 122 valence electrons. The molecule has 0 aromatic carbocycles. The van der Waals surface area contributed by atoms with Crippen LogP contribution in [-0.2, 0) is 4.74 Å². The van der Waals surface area contributed by atoms with Gasteiger partial charge in [-0.3, -0.25) is 5.32 Å². The van der Waals surface area contributed by atoms with Gasteiger partial charge in [0.15, 0.2) is 0 Å². The zero-order valence-electron chi connectivity index (χ0n) is 13.6. The van der Waals surface area contributed by atoms with Gasteiger partial charge in [0.2, 0.25) is 0 Å². The lowest BCUT2D eigenvalue weighted by Crippen LogP contribution is -2.68. The van der Waals surface area contributed by atoms with Crippen LogP contribution in [-0.4, -0.2) is 34.6 Å². The molecule has 2 atom stereocenters. The van der Waals surface area contributed by atoms with Crippen molar-refractivity contribution in [1.29, 1.82) is 0 Å². The van der Waals surface area contributed by atoms with Crippen molar-refractivity contribution in [3.8, 4) is 0 Å². The number of urea groups is 1. The van der Waals surface area contributed by atoms with Crippen molar-refractivity contribution in [2.24, 2.45) is 5.41 Å². The maximum atomic E-state index is 12.3. The number of anilines is 1. The zero-order valence-corrected chi connectivity index (χ0v) is 13.6. The van der Waals surface area contributed by atoms with Gasteiger partial charge in [-0.25, -0.2) is 9.48 Å². The number of hydrogen-bond donors (Lipinski definition) is 2. The maximum Gasteiger partial charge on any atom is 0.320 e. The predicted molar refractivity (Wildman–Crippen MR) is 84.9 cm³/mol. The molecule has 2 fully saturated rings. The van der Waals surface area contributed by atoms with Crippen LogP contribution in [0.1, 0.15) is 52.5 Å². The van der Waals surface area contributed by atoms with E-state index in [4.69, 9.17) is 4.74 Å². The number of nitrogens with one attached hydrogen (secondary N) is 2. The third kappa shape index (κ3) is 2.49. The Balaban J connectivity index is 1.57. The quantitative estimate of drug-likeness (QED) is 0.879. The van der Waals surface area contributed by atoms with E-state index < -0.39 is 0 Å². The maximum absolute atomic E-state index is 12.3. The molecule has 1 heterocycles. The van der Waals surface area contributed by atoms with Gasteiger partial charge in [-0.1, -0.05) is 6.42 Å². The summed E-state index contributed by atoms with van der Waals surface area (Å²) in [6.45, 7) is 6.86. The fourth-order valence-corrected chi connectivity index (χ4v) is 3.78. The Morgan fingerprint density at radius 2 is 2.32 bits per heavy atom. The number of carbonyl (C=O) groups excluding carboxylic acids is 1. The minimum atomic E-state index is -0.145.